The Morgan fingerprint density at radius 3 is 2.52 bits per heavy atom. The predicted molar refractivity (Wildman–Crippen MR) is 107 cm³/mol. The topological polar surface area (TPSA) is 85.9 Å². The monoisotopic (exact) mass is 394 g/mol. The Labute approximate surface area is 163 Å². The van der Waals surface area contributed by atoms with Gasteiger partial charge in [-0.05, 0) is 45.9 Å². The lowest BCUT2D eigenvalue weighted by atomic mass is 10.2. The first-order chi connectivity index (χ1) is 12.6. The van der Waals surface area contributed by atoms with E-state index < -0.39 is 17.7 Å². The van der Waals surface area contributed by atoms with E-state index in [4.69, 9.17) is 14.2 Å². The third-order valence-corrected chi connectivity index (χ3v) is 4.76. The Hall–Kier alpha value is -2.48. The van der Waals surface area contributed by atoms with Crippen molar-refractivity contribution < 1.29 is 23.8 Å². The Morgan fingerprint density at radius 2 is 1.93 bits per heavy atom. The first-order valence-electron chi connectivity index (χ1n) is 8.57. The van der Waals surface area contributed by atoms with Gasteiger partial charge in [-0.25, -0.2) is 9.59 Å². The number of fused-ring (bicyclic) bond motifs is 1. The second-order valence-electron chi connectivity index (χ2n) is 7.09. The van der Waals surface area contributed by atoms with E-state index in [1.165, 1.54) is 18.4 Å². The molecule has 2 rings (SSSR count). The molecule has 2 N–H and O–H groups in total. The van der Waals surface area contributed by atoms with Gasteiger partial charge in [0.25, 0.3) is 0 Å². The third kappa shape index (κ3) is 5.50. The van der Waals surface area contributed by atoms with E-state index in [9.17, 15) is 9.59 Å². The highest BCUT2D eigenvalue weighted by Gasteiger charge is 2.21. The van der Waals surface area contributed by atoms with Crippen molar-refractivity contribution in [2.75, 3.05) is 26.1 Å². The van der Waals surface area contributed by atoms with E-state index in [0.29, 0.717) is 22.9 Å². The number of amides is 1. The molecule has 1 amide bonds. The van der Waals surface area contributed by atoms with E-state index in [0.717, 1.165) is 10.1 Å². The first kappa shape index (κ1) is 20.8. The van der Waals surface area contributed by atoms with Crippen LogP contribution >= 0.6 is 11.3 Å². The van der Waals surface area contributed by atoms with Gasteiger partial charge in [0.1, 0.15) is 16.2 Å². The van der Waals surface area contributed by atoms with Crippen molar-refractivity contribution in [1.29, 1.82) is 0 Å². The fourth-order valence-electron chi connectivity index (χ4n) is 2.43. The minimum atomic E-state index is -0.560. The largest absolute Gasteiger partial charge is 0.497 e. The summed E-state index contributed by atoms with van der Waals surface area (Å²) >= 11 is 1.34. The molecule has 148 valence electrons. The number of hydrogen-bond donors (Lipinski definition) is 2. The molecule has 0 saturated carbocycles. The number of rotatable bonds is 6. The van der Waals surface area contributed by atoms with E-state index in [1.807, 2.05) is 45.9 Å². The van der Waals surface area contributed by atoms with Gasteiger partial charge in [-0.15, -0.1) is 11.3 Å². The molecule has 7 nitrogen and oxygen atoms in total. The smallest absolute Gasteiger partial charge is 0.407 e. The quantitative estimate of drug-likeness (QED) is 0.720. The molecular formula is C19H26N2O5S. The van der Waals surface area contributed by atoms with Gasteiger partial charge in [-0.2, -0.15) is 0 Å². The Balaban J connectivity index is 2.18. The number of carbonyl (C=O) groups is 2. The summed E-state index contributed by atoms with van der Waals surface area (Å²) < 4.78 is 16.4. The molecule has 0 aliphatic rings. The highest BCUT2D eigenvalue weighted by atomic mass is 32.1. The number of hydrogen-bond acceptors (Lipinski definition) is 7. The lowest BCUT2D eigenvalue weighted by Gasteiger charge is -2.22. The standard InChI is InChI=1S/C19H26N2O5S/c1-11(21-18(23)26-19(2,3)4)10-20-15-13-9-12(24-5)7-8-14(13)27-16(15)17(22)25-6/h7-9,11,20H,10H2,1-6H3,(H,21,23). The molecule has 0 bridgehead atoms. The van der Waals surface area contributed by atoms with Gasteiger partial charge >= 0.3 is 12.1 Å². The van der Waals surface area contributed by atoms with E-state index >= 15 is 0 Å². The lowest BCUT2D eigenvalue weighted by Crippen LogP contribution is -2.40. The molecule has 2 aromatic rings. The lowest BCUT2D eigenvalue weighted by molar-refractivity contribution is 0.0509. The molecule has 1 aromatic heterocycles. The molecule has 8 heteroatoms. The number of anilines is 1. The Morgan fingerprint density at radius 1 is 1.22 bits per heavy atom. The highest BCUT2D eigenvalue weighted by molar-refractivity contribution is 7.21. The van der Waals surface area contributed by atoms with Gasteiger partial charge in [-0.3, -0.25) is 0 Å². The SMILES string of the molecule is COC(=O)c1sc2ccc(OC)cc2c1NCC(C)NC(=O)OC(C)(C)C. The van der Waals surface area contributed by atoms with Gasteiger partial charge in [0.15, 0.2) is 0 Å². The number of thiophene rings is 1. The van der Waals surface area contributed by atoms with Gasteiger partial charge < -0.3 is 24.8 Å². The molecule has 0 aliphatic carbocycles. The zero-order chi connectivity index (χ0) is 20.2. The van der Waals surface area contributed by atoms with E-state index in [1.54, 1.807) is 7.11 Å². The number of alkyl carbamates (subject to hydrolysis) is 1. The number of methoxy groups -OCH3 is 2. The van der Waals surface area contributed by atoms with Crippen LogP contribution in [-0.2, 0) is 9.47 Å². The summed E-state index contributed by atoms with van der Waals surface area (Å²) in [5, 5.41) is 6.89. The summed E-state index contributed by atoms with van der Waals surface area (Å²) in [5.74, 6) is 0.283. The third-order valence-electron chi connectivity index (χ3n) is 3.61. The number of carbonyl (C=O) groups excluding carboxylic acids is 2. The van der Waals surface area contributed by atoms with Crippen molar-refractivity contribution in [3.8, 4) is 5.75 Å². The molecule has 0 radical (unpaired) electrons. The summed E-state index contributed by atoms with van der Waals surface area (Å²) in [6, 6.07) is 5.40. The average molecular weight is 394 g/mol. The van der Waals surface area contributed by atoms with Crippen molar-refractivity contribution in [3.63, 3.8) is 0 Å². The molecule has 1 heterocycles. The normalized spacial score (nSPS) is 12.4. The summed E-state index contributed by atoms with van der Waals surface area (Å²) in [5.41, 5.74) is 0.105. The molecule has 1 aromatic carbocycles. The van der Waals surface area contributed by atoms with Crippen LogP contribution < -0.4 is 15.4 Å². The number of ether oxygens (including phenoxy) is 3. The number of benzene rings is 1. The van der Waals surface area contributed by atoms with Crippen LogP contribution in [0.2, 0.25) is 0 Å². The summed E-state index contributed by atoms with van der Waals surface area (Å²) in [6.45, 7) is 7.69. The molecule has 27 heavy (non-hydrogen) atoms. The Bertz CT molecular complexity index is 825. The Kier molecular flexibility index (Phi) is 6.54. The summed E-state index contributed by atoms with van der Waals surface area (Å²) in [6.07, 6.45) is -0.484. The molecule has 0 aliphatic heterocycles. The average Bonchev–Trinajstić information content (AvgIpc) is 2.95. The molecule has 0 saturated heterocycles. The van der Waals surface area contributed by atoms with Crippen LogP contribution in [0.4, 0.5) is 10.5 Å². The molecule has 1 unspecified atom stereocenters. The zero-order valence-electron chi connectivity index (χ0n) is 16.5. The maximum Gasteiger partial charge on any atom is 0.407 e. The fraction of sp³-hybridized carbons (Fsp3) is 0.474. The van der Waals surface area contributed by atoms with Crippen molar-refractivity contribution in [2.24, 2.45) is 0 Å². The summed E-state index contributed by atoms with van der Waals surface area (Å²) in [7, 11) is 2.94. The second kappa shape index (κ2) is 8.47. The van der Waals surface area contributed by atoms with Crippen LogP contribution in [0.5, 0.6) is 5.75 Å². The van der Waals surface area contributed by atoms with Crippen LogP contribution in [0, 0.1) is 0 Å². The van der Waals surface area contributed by atoms with Crippen LogP contribution in [0.3, 0.4) is 0 Å². The van der Waals surface area contributed by atoms with Crippen molar-refractivity contribution >= 4 is 39.2 Å². The van der Waals surface area contributed by atoms with Gasteiger partial charge in [0.05, 0.1) is 19.9 Å². The van der Waals surface area contributed by atoms with Crippen LogP contribution in [0.1, 0.15) is 37.4 Å². The van der Waals surface area contributed by atoms with Crippen LogP contribution in [0.25, 0.3) is 10.1 Å². The van der Waals surface area contributed by atoms with Gasteiger partial charge in [-0.1, -0.05) is 0 Å². The molecule has 0 fully saturated rings. The van der Waals surface area contributed by atoms with Crippen LogP contribution in [0.15, 0.2) is 18.2 Å². The van der Waals surface area contributed by atoms with E-state index in [2.05, 4.69) is 10.6 Å². The minimum Gasteiger partial charge on any atom is -0.497 e. The second-order valence-corrected chi connectivity index (χ2v) is 8.14. The first-order valence-corrected chi connectivity index (χ1v) is 9.38. The maximum absolute atomic E-state index is 12.2. The van der Waals surface area contributed by atoms with Gasteiger partial charge in [0.2, 0.25) is 0 Å². The summed E-state index contributed by atoms with van der Waals surface area (Å²) in [4.78, 5) is 24.5. The predicted octanol–water partition coefficient (Wildman–Crippen LogP) is 4.02. The van der Waals surface area contributed by atoms with Crippen LogP contribution in [-0.4, -0.2) is 44.5 Å². The molecular weight excluding hydrogens is 368 g/mol. The highest BCUT2D eigenvalue weighted by Crippen LogP contribution is 2.38. The molecule has 0 spiro atoms. The minimum absolute atomic E-state index is 0.217. The number of esters is 1. The fourth-order valence-corrected chi connectivity index (χ4v) is 3.51. The van der Waals surface area contributed by atoms with Crippen molar-refractivity contribution in [1.82, 2.24) is 5.32 Å². The maximum atomic E-state index is 12.2. The van der Waals surface area contributed by atoms with Crippen molar-refractivity contribution in [3.05, 3.63) is 23.1 Å². The van der Waals surface area contributed by atoms with Crippen molar-refractivity contribution in [2.45, 2.75) is 39.3 Å². The van der Waals surface area contributed by atoms with Gasteiger partial charge in [0, 0.05) is 22.7 Å². The molecule has 1 atom stereocenters. The van der Waals surface area contributed by atoms with E-state index in [-0.39, 0.29) is 6.04 Å². The number of nitrogens with one attached hydrogen (secondary N) is 2. The zero-order valence-corrected chi connectivity index (χ0v) is 17.3.